The third kappa shape index (κ3) is 4.52. The fraction of sp³-hybridized carbons (Fsp3) is 0.0417. The Morgan fingerprint density at radius 3 is 2.53 bits per heavy atom. The molecule has 0 spiro atoms. The van der Waals surface area contributed by atoms with Gasteiger partial charge in [0.15, 0.2) is 5.65 Å². The van der Waals surface area contributed by atoms with Crippen LogP contribution in [-0.4, -0.2) is 20.9 Å². The monoisotopic (exact) mass is 433 g/mol. The summed E-state index contributed by atoms with van der Waals surface area (Å²) in [5, 5.41) is 0.325. The summed E-state index contributed by atoms with van der Waals surface area (Å²) in [5.74, 6) is 2.41. The third-order valence-corrected chi connectivity index (χ3v) is 4.48. The van der Waals surface area contributed by atoms with Crippen LogP contribution < -0.4 is 10.3 Å². The lowest BCUT2D eigenvalue weighted by molar-refractivity contribution is -0.274. The van der Waals surface area contributed by atoms with E-state index in [4.69, 9.17) is 6.42 Å². The number of hydrogen-bond donors (Lipinski definition) is 0. The molecule has 2 heterocycles. The number of fused-ring (bicyclic) bond motifs is 1. The van der Waals surface area contributed by atoms with Gasteiger partial charge in [0.25, 0.3) is 5.56 Å². The van der Waals surface area contributed by atoms with Crippen molar-refractivity contribution in [1.82, 2.24) is 14.5 Å². The lowest BCUT2D eigenvalue weighted by Gasteiger charge is -2.11. The second kappa shape index (κ2) is 8.40. The predicted molar refractivity (Wildman–Crippen MR) is 115 cm³/mol. The maximum Gasteiger partial charge on any atom is 0.573 e. The molecule has 2 aromatic heterocycles. The number of halogens is 3. The van der Waals surface area contributed by atoms with Gasteiger partial charge < -0.3 is 4.74 Å². The molecule has 8 heteroatoms. The first-order chi connectivity index (χ1) is 15.3. The van der Waals surface area contributed by atoms with Crippen LogP contribution in [0.3, 0.4) is 0 Å². The van der Waals surface area contributed by atoms with Crippen LogP contribution in [-0.2, 0) is 0 Å². The molecule has 158 valence electrons. The van der Waals surface area contributed by atoms with Gasteiger partial charge in [-0.1, -0.05) is 24.1 Å². The number of ether oxygens (including phenoxy) is 1. The SMILES string of the molecule is C#Cc1ccc(-n2c(C=Cc3cccc(OC(F)(F)F)c3)nc3ncccc3c2=O)cc1. The zero-order valence-electron chi connectivity index (χ0n) is 16.4. The number of benzene rings is 2. The van der Waals surface area contributed by atoms with E-state index in [0.29, 0.717) is 22.2 Å². The second-order valence-electron chi connectivity index (χ2n) is 6.63. The van der Waals surface area contributed by atoms with Crippen LogP contribution in [0.1, 0.15) is 17.0 Å². The lowest BCUT2D eigenvalue weighted by atomic mass is 10.2. The topological polar surface area (TPSA) is 57.0 Å². The molecule has 4 aromatic rings. The number of pyridine rings is 1. The van der Waals surface area contributed by atoms with Crippen LogP contribution in [0, 0.1) is 12.3 Å². The van der Waals surface area contributed by atoms with Crippen molar-refractivity contribution in [3.8, 4) is 23.8 Å². The van der Waals surface area contributed by atoms with Gasteiger partial charge in [-0.3, -0.25) is 9.36 Å². The van der Waals surface area contributed by atoms with Gasteiger partial charge in [0, 0.05) is 11.8 Å². The first kappa shape index (κ1) is 20.9. The largest absolute Gasteiger partial charge is 0.573 e. The molecule has 2 aromatic carbocycles. The molecule has 0 aliphatic heterocycles. The highest BCUT2D eigenvalue weighted by molar-refractivity contribution is 5.77. The Morgan fingerprint density at radius 1 is 1.03 bits per heavy atom. The molecule has 0 saturated carbocycles. The van der Waals surface area contributed by atoms with Crippen LogP contribution in [0.25, 0.3) is 28.9 Å². The minimum absolute atomic E-state index is 0.247. The van der Waals surface area contributed by atoms with Gasteiger partial charge in [-0.15, -0.1) is 19.6 Å². The molecular formula is C24H14F3N3O2. The maximum absolute atomic E-state index is 13.2. The molecule has 0 amide bonds. The van der Waals surface area contributed by atoms with Crippen molar-refractivity contribution in [1.29, 1.82) is 0 Å². The molecule has 0 radical (unpaired) electrons. The van der Waals surface area contributed by atoms with Gasteiger partial charge in [0.05, 0.1) is 11.1 Å². The number of terminal acetylenes is 1. The second-order valence-corrected chi connectivity index (χ2v) is 6.63. The Bertz CT molecular complexity index is 1420. The minimum atomic E-state index is -4.79. The molecule has 4 rings (SSSR count). The van der Waals surface area contributed by atoms with E-state index in [1.165, 1.54) is 41.1 Å². The highest BCUT2D eigenvalue weighted by Crippen LogP contribution is 2.24. The Morgan fingerprint density at radius 2 is 1.81 bits per heavy atom. The molecule has 0 aliphatic rings. The van der Waals surface area contributed by atoms with Crippen molar-refractivity contribution in [2.75, 3.05) is 0 Å². The molecule has 0 N–H and O–H groups in total. The van der Waals surface area contributed by atoms with E-state index in [0.717, 1.165) is 0 Å². The van der Waals surface area contributed by atoms with E-state index in [1.807, 2.05) is 0 Å². The highest BCUT2D eigenvalue weighted by Gasteiger charge is 2.31. The summed E-state index contributed by atoms with van der Waals surface area (Å²) in [4.78, 5) is 21.8. The molecule has 0 bridgehead atoms. The van der Waals surface area contributed by atoms with Crippen LogP contribution in [0.2, 0.25) is 0 Å². The first-order valence-electron chi connectivity index (χ1n) is 9.33. The van der Waals surface area contributed by atoms with Gasteiger partial charge in [0.2, 0.25) is 0 Å². The van der Waals surface area contributed by atoms with E-state index in [1.54, 1.807) is 42.5 Å². The summed E-state index contributed by atoms with van der Waals surface area (Å²) in [5.41, 5.74) is 1.52. The fourth-order valence-electron chi connectivity index (χ4n) is 3.09. The average Bonchev–Trinajstić information content (AvgIpc) is 2.77. The number of nitrogens with zero attached hydrogens (tertiary/aromatic N) is 3. The van der Waals surface area contributed by atoms with Crippen molar-refractivity contribution in [3.05, 3.63) is 94.2 Å². The summed E-state index contributed by atoms with van der Waals surface area (Å²) < 4.78 is 42.9. The summed E-state index contributed by atoms with van der Waals surface area (Å²) in [6.07, 6.45) is 5.19. The van der Waals surface area contributed by atoms with Gasteiger partial charge in [-0.05, 0) is 60.2 Å². The van der Waals surface area contributed by atoms with Gasteiger partial charge in [-0.2, -0.15) is 0 Å². The molecule has 0 atom stereocenters. The molecule has 32 heavy (non-hydrogen) atoms. The number of hydrogen-bond acceptors (Lipinski definition) is 4. The van der Waals surface area contributed by atoms with Crippen LogP contribution in [0.5, 0.6) is 5.75 Å². The normalized spacial score (nSPS) is 11.6. The van der Waals surface area contributed by atoms with E-state index in [9.17, 15) is 18.0 Å². The van der Waals surface area contributed by atoms with Gasteiger partial charge in [-0.25, -0.2) is 9.97 Å². The molecule has 0 aliphatic carbocycles. The highest BCUT2D eigenvalue weighted by atomic mass is 19.4. The van der Waals surface area contributed by atoms with E-state index in [-0.39, 0.29) is 22.8 Å². The van der Waals surface area contributed by atoms with Crippen LogP contribution in [0.4, 0.5) is 13.2 Å². The molecule has 0 fully saturated rings. The zero-order chi connectivity index (χ0) is 22.7. The quantitative estimate of drug-likeness (QED) is 0.433. The fourth-order valence-corrected chi connectivity index (χ4v) is 3.09. The van der Waals surface area contributed by atoms with Crippen molar-refractivity contribution in [2.45, 2.75) is 6.36 Å². The molecule has 5 nitrogen and oxygen atoms in total. The lowest BCUT2D eigenvalue weighted by Crippen LogP contribution is -2.22. The van der Waals surface area contributed by atoms with Crippen molar-refractivity contribution in [2.24, 2.45) is 0 Å². The standard InChI is InChI=1S/C24H14F3N3O2/c1-2-16-8-11-18(12-9-16)30-21(29-22-20(23(30)31)7-4-14-28-22)13-10-17-5-3-6-19(15-17)32-24(25,26)27/h1,3-15H. The van der Waals surface area contributed by atoms with Gasteiger partial charge >= 0.3 is 6.36 Å². The Kier molecular flexibility index (Phi) is 5.48. The minimum Gasteiger partial charge on any atom is -0.406 e. The Balaban J connectivity index is 1.82. The molecular weight excluding hydrogens is 419 g/mol. The van der Waals surface area contributed by atoms with Crippen molar-refractivity contribution < 1.29 is 17.9 Å². The van der Waals surface area contributed by atoms with Crippen LogP contribution in [0.15, 0.2) is 71.7 Å². The number of alkyl halides is 3. The van der Waals surface area contributed by atoms with Crippen molar-refractivity contribution in [3.63, 3.8) is 0 Å². The van der Waals surface area contributed by atoms with Crippen LogP contribution >= 0.6 is 0 Å². The van der Waals surface area contributed by atoms with Crippen molar-refractivity contribution >= 4 is 23.2 Å². The summed E-state index contributed by atoms with van der Waals surface area (Å²) in [6.45, 7) is 0. The maximum atomic E-state index is 13.2. The Hall–Kier alpha value is -4.38. The Labute approximate surface area is 180 Å². The number of rotatable bonds is 4. The van der Waals surface area contributed by atoms with E-state index < -0.39 is 6.36 Å². The van der Waals surface area contributed by atoms with Gasteiger partial charge in [0.1, 0.15) is 11.6 Å². The summed E-state index contributed by atoms with van der Waals surface area (Å²) in [6, 6.07) is 15.5. The predicted octanol–water partition coefficient (Wildman–Crippen LogP) is 4.83. The number of aromatic nitrogens is 3. The summed E-state index contributed by atoms with van der Waals surface area (Å²) in [7, 11) is 0. The van der Waals surface area contributed by atoms with E-state index in [2.05, 4.69) is 20.6 Å². The third-order valence-electron chi connectivity index (χ3n) is 4.48. The summed E-state index contributed by atoms with van der Waals surface area (Å²) >= 11 is 0. The van der Waals surface area contributed by atoms with E-state index >= 15 is 0 Å². The molecule has 0 saturated heterocycles. The zero-order valence-corrected chi connectivity index (χ0v) is 16.4. The first-order valence-corrected chi connectivity index (χ1v) is 9.33. The average molecular weight is 433 g/mol. The smallest absolute Gasteiger partial charge is 0.406 e. The molecule has 0 unspecified atom stereocenters.